The van der Waals surface area contributed by atoms with E-state index in [-0.39, 0.29) is 0 Å². The topological polar surface area (TPSA) is 86.9 Å². The maximum atomic E-state index is 11.1. The summed E-state index contributed by atoms with van der Waals surface area (Å²) in [5.41, 5.74) is 13.0. The molecule has 5 heteroatoms. The van der Waals surface area contributed by atoms with E-state index in [9.17, 15) is 4.79 Å². The summed E-state index contributed by atoms with van der Waals surface area (Å²) in [6, 6.07) is 0. The van der Waals surface area contributed by atoms with E-state index in [0.717, 1.165) is 17.0 Å². The molecule has 4 N–H and O–H groups in total. The molecule has 0 aliphatic rings. The lowest BCUT2D eigenvalue weighted by Crippen LogP contribution is -2.52. The molecule has 0 aliphatic carbocycles. The van der Waals surface area contributed by atoms with Gasteiger partial charge in [-0.25, -0.2) is 0 Å². The number of hydrogen-bond donors (Lipinski definition) is 2. The summed E-state index contributed by atoms with van der Waals surface area (Å²) in [6.45, 7) is 7.79. The summed E-state index contributed by atoms with van der Waals surface area (Å²) >= 11 is 0. The van der Waals surface area contributed by atoms with E-state index in [1.54, 1.807) is 11.6 Å². The molecule has 0 aromatic carbocycles. The fraction of sp³-hybridized carbons (Fsp3) is 0.600. The number of hydrogen-bond acceptors (Lipinski definition) is 3. The third kappa shape index (κ3) is 2.18. The minimum Gasteiger partial charge on any atom is -0.368 e. The summed E-state index contributed by atoms with van der Waals surface area (Å²) in [6.07, 6.45) is 0. The molecule has 0 spiro atoms. The van der Waals surface area contributed by atoms with Crippen LogP contribution in [0.15, 0.2) is 0 Å². The summed E-state index contributed by atoms with van der Waals surface area (Å²) in [5.74, 6) is -0.521. The minimum absolute atomic E-state index is 0.308. The number of nitrogens with zero attached hydrogens (tertiary/aromatic N) is 2. The van der Waals surface area contributed by atoms with Crippen LogP contribution in [0.2, 0.25) is 0 Å². The van der Waals surface area contributed by atoms with E-state index in [1.165, 1.54) is 0 Å². The lowest BCUT2D eigenvalue weighted by molar-refractivity contribution is -0.123. The van der Waals surface area contributed by atoms with E-state index >= 15 is 0 Å². The molecule has 1 rings (SSSR count). The van der Waals surface area contributed by atoms with E-state index < -0.39 is 11.4 Å². The molecule has 0 saturated carbocycles. The van der Waals surface area contributed by atoms with Crippen LogP contribution in [-0.4, -0.2) is 21.2 Å². The van der Waals surface area contributed by atoms with Gasteiger partial charge >= 0.3 is 0 Å². The quantitative estimate of drug-likeness (QED) is 0.736. The van der Waals surface area contributed by atoms with Crippen LogP contribution in [-0.2, 0) is 11.3 Å². The Bertz CT molecular complexity index is 392. The van der Waals surface area contributed by atoms with E-state index in [4.69, 9.17) is 11.5 Å². The minimum atomic E-state index is -1.06. The van der Waals surface area contributed by atoms with Crippen LogP contribution in [0.3, 0.4) is 0 Å². The van der Waals surface area contributed by atoms with Gasteiger partial charge in [-0.3, -0.25) is 9.48 Å². The van der Waals surface area contributed by atoms with Gasteiger partial charge in [-0.15, -0.1) is 0 Å². The summed E-state index contributed by atoms with van der Waals surface area (Å²) in [7, 11) is 0. The number of amides is 1. The molecule has 15 heavy (non-hydrogen) atoms. The van der Waals surface area contributed by atoms with Gasteiger partial charge in [-0.05, 0) is 33.3 Å². The maximum absolute atomic E-state index is 11.1. The molecule has 0 radical (unpaired) electrons. The molecule has 1 amide bonds. The summed E-state index contributed by atoms with van der Waals surface area (Å²) in [5, 5.41) is 4.31. The Morgan fingerprint density at radius 3 is 2.33 bits per heavy atom. The van der Waals surface area contributed by atoms with Crippen molar-refractivity contribution in [1.82, 2.24) is 9.78 Å². The predicted octanol–water partition coefficient (Wildman–Crippen LogP) is 0.0111. The second-order valence-corrected chi connectivity index (χ2v) is 4.24. The highest BCUT2D eigenvalue weighted by Gasteiger charge is 2.27. The number of carbonyl (C=O) groups excluding carboxylic acids is 1. The highest BCUT2D eigenvalue weighted by atomic mass is 16.1. The molecule has 1 heterocycles. The van der Waals surface area contributed by atoms with Crippen molar-refractivity contribution in [2.45, 2.75) is 39.8 Å². The van der Waals surface area contributed by atoms with Crippen LogP contribution >= 0.6 is 0 Å². The van der Waals surface area contributed by atoms with Crippen molar-refractivity contribution in [2.24, 2.45) is 11.5 Å². The van der Waals surface area contributed by atoms with Crippen LogP contribution in [0.25, 0.3) is 0 Å². The highest BCUT2D eigenvalue weighted by molar-refractivity contribution is 5.83. The normalized spacial score (nSPS) is 15.0. The first-order valence-electron chi connectivity index (χ1n) is 4.85. The average molecular weight is 210 g/mol. The van der Waals surface area contributed by atoms with Crippen molar-refractivity contribution in [3.63, 3.8) is 0 Å². The van der Waals surface area contributed by atoms with Gasteiger partial charge in [-0.1, -0.05) is 0 Å². The molecule has 1 aromatic heterocycles. The fourth-order valence-corrected chi connectivity index (χ4v) is 1.33. The SMILES string of the molecule is Cc1nn(CC(C)(N)C(N)=O)c(C)c1C. The monoisotopic (exact) mass is 210 g/mol. The lowest BCUT2D eigenvalue weighted by Gasteiger charge is -2.21. The highest BCUT2D eigenvalue weighted by Crippen LogP contribution is 2.13. The largest absolute Gasteiger partial charge is 0.368 e. The van der Waals surface area contributed by atoms with Crippen LogP contribution in [0, 0.1) is 20.8 Å². The second-order valence-electron chi connectivity index (χ2n) is 4.24. The molecule has 1 aromatic rings. The molecule has 1 unspecified atom stereocenters. The number of carbonyl (C=O) groups is 1. The van der Waals surface area contributed by atoms with Gasteiger partial charge in [0.15, 0.2) is 0 Å². The first-order valence-corrected chi connectivity index (χ1v) is 4.85. The van der Waals surface area contributed by atoms with Crippen molar-refractivity contribution in [3.8, 4) is 0 Å². The van der Waals surface area contributed by atoms with Gasteiger partial charge in [-0.2, -0.15) is 5.10 Å². The van der Waals surface area contributed by atoms with Crippen molar-refractivity contribution < 1.29 is 4.79 Å². The summed E-state index contributed by atoms with van der Waals surface area (Å²) < 4.78 is 1.73. The molecule has 0 aliphatic heterocycles. The molecule has 0 saturated heterocycles. The van der Waals surface area contributed by atoms with Crippen molar-refractivity contribution in [1.29, 1.82) is 0 Å². The number of rotatable bonds is 3. The van der Waals surface area contributed by atoms with Gasteiger partial charge in [0, 0.05) is 5.69 Å². The standard InChI is InChI=1S/C10H18N4O/c1-6-7(2)13-14(8(6)3)5-10(4,12)9(11)15/h5,12H2,1-4H3,(H2,11,15). The fourth-order valence-electron chi connectivity index (χ4n) is 1.33. The molecular formula is C10H18N4O. The second kappa shape index (κ2) is 3.66. The van der Waals surface area contributed by atoms with Crippen molar-refractivity contribution in [2.75, 3.05) is 0 Å². The third-order valence-electron chi connectivity index (χ3n) is 2.78. The van der Waals surface area contributed by atoms with Gasteiger partial charge in [0.25, 0.3) is 0 Å². The van der Waals surface area contributed by atoms with Crippen LogP contribution in [0.4, 0.5) is 0 Å². The van der Waals surface area contributed by atoms with Gasteiger partial charge in [0.2, 0.25) is 5.91 Å². The van der Waals surface area contributed by atoms with Crippen LogP contribution in [0.1, 0.15) is 23.9 Å². The maximum Gasteiger partial charge on any atom is 0.239 e. The Morgan fingerprint density at radius 1 is 1.47 bits per heavy atom. The number of primary amides is 1. The van der Waals surface area contributed by atoms with E-state index in [1.807, 2.05) is 20.8 Å². The number of aryl methyl sites for hydroxylation is 1. The molecule has 84 valence electrons. The third-order valence-corrected chi connectivity index (χ3v) is 2.78. The van der Waals surface area contributed by atoms with Crippen LogP contribution in [0.5, 0.6) is 0 Å². The Kier molecular flexibility index (Phi) is 2.86. The van der Waals surface area contributed by atoms with Gasteiger partial charge in [0.1, 0.15) is 5.54 Å². The average Bonchev–Trinajstić information content (AvgIpc) is 2.33. The molecule has 5 nitrogen and oxygen atoms in total. The molecule has 0 fully saturated rings. The molecule has 0 bridgehead atoms. The Balaban J connectivity index is 3.00. The zero-order chi connectivity index (χ0) is 11.8. The van der Waals surface area contributed by atoms with Crippen LogP contribution < -0.4 is 11.5 Å². The number of nitrogens with two attached hydrogens (primary N) is 2. The van der Waals surface area contributed by atoms with Crippen molar-refractivity contribution in [3.05, 3.63) is 17.0 Å². The molecular weight excluding hydrogens is 192 g/mol. The Labute approximate surface area is 89.4 Å². The smallest absolute Gasteiger partial charge is 0.239 e. The van der Waals surface area contributed by atoms with Crippen molar-refractivity contribution >= 4 is 5.91 Å². The first-order chi connectivity index (χ1) is 6.75. The van der Waals surface area contributed by atoms with Gasteiger partial charge in [0.05, 0.1) is 12.2 Å². The summed E-state index contributed by atoms with van der Waals surface area (Å²) in [4.78, 5) is 11.1. The van der Waals surface area contributed by atoms with E-state index in [0.29, 0.717) is 6.54 Å². The van der Waals surface area contributed by atoms with E-state index in [2.05, 4.69) is 5.10 Å². The first kappa shape index (κ1) is 11.7. The van der Waals surface area contributed by atoms with Gasteiger partial charge < -0.3 is 11.5 Å². The molecule has 1 atom stereocenters. The lowest BCUT2D eigenvalue weighted by atomic mass is 10.0. The Hall–Kier alpha value is -1.36. The number of aromatic nitrogens is 2. The zero-order valence-corrected chi connectivity index (χ0v) is 9.66. The predicted molar refractivity (Wildman–Crippen MR) is 58.2 cm³/mol. The zero-order valence-electron chi connectivity index (χ0n) is 9.66. The Morgan fingerprint density at radius 2 is 2.00 bits per heavy atom.